The van der Waals surface area contributed by atoms with Gasteiger partial charge in [0.2, 0.25) is 12.1 Å². The Morgan fingerprint density at radius 1 is 1.12 bits per heavy atom. The average Bonchev–Trinajstić information content (AvgIpc) is 2.77. The van der Waals surface area contributed by atoms with Crippen molar-refractivity contribution in [3.63, 3.8) is 0 Å². The molecular formula is C21H17ClN2O2. The van der Waals surface area contributed by atoms with E-state index in [0.717, 1.165) is 33.3 Å². The Labute approximate surface area is 156 Å². The number of nitrogens with one attached hydrogen (secondary N) is 1. The maximum absolute atomic E-state index is 12.5. The first-order chi connectivity index (χ1) is 12.5. The van der Waals surface area contributed by atoms with Gasteiger partial charge in [0.15, 0.2) is 0 Å². The number of carbonyl (C=O) groups is 1. The summed E-state index contributed by atoms with van der Waals surface area (Å²) in [6.45, 7) is 3.79. The first-order valence-electron chi connectivity index (χ1n) is 8.55. The fourth-order valence-corrected chi connectivity index (χ4v) is 3.97. The maximum Gasteiger partial charge on any atom is 0.250 e. The van der Waals surface area contributed by atoms with Gasteiger partial charge in [-0.2, -0.15) is 0 Å². The van der Waals surface area contributed by atoms with E-state index < -0.39 is 11.6 Å². The van der Waals surface area contributed by atoms with Crippen LogP contribution in [0.3, 0.4) is 0 Å². The van der Waals surface area contributed by atoms with E-state index in [1.165, 1.54) is 0 Å². The predicted octanol–water partition coefficient (Wildman–Crippen LogP) is 4.76. The highest BCUT2D eigenvalue weighted by Gasteiger charge is 2.51. The Kier molecular flexibility index (Phi) is 3.07. The van der Waals surface area contributed by atoms with Gasteiger partial charge in [-0.3, -0.25) is 10.2 Å². The van der Waals surface area contributed by atoms with Crippen molar-refractivity contribution in [1.82, 2.24) is 5.43 Å². The van der Waals surface area contributed by atoms with E-state index in [0.29, 0.717) is 5.02 Å². The zero-order valence-corrected chi connectivity index (χ0v) is 15.2. The van der Waals surface area contributed by atoms with E-state index in [9.17, 15) is 4.79 Å². The van der Waals surface area contributed by atoms with Crippen molar-refractivity contribution in [2.75, 3.05) is 5.01 Å². The number of carbonyl (C=O) groups excluding carboxylic acids is 1. The number of hydrogen-bond donors (Lipinski definition) is 1. The molecule has 0 aliphatic carbocycles. The number of halogens is 1. The van der Waals surface area contributed by atoms with Crippen molar-refractivity contribution < 1.29 is 9.53 Å². The number of hydrogen-bond acceptors (Lipinski definition) is 3. The van der Waals surface area contributed by atoms with Crippen LogP contribution < -0.4 is 15.2 Å². The highest BCUT2D eigenvalue weighted by atomic mass is 35.5. The van der Waals surface area contributed by atoms with Crippen molar-refractivity contribution >= 4 is 34.0 Å². The molecule has 0 bridgehead atoms. The topological polar surface area (TPSA) is 41.6 Å². The minimum Gasteiger partial charge on any atom is -0.467 e. The fourth-order valence-electron chi connectivity index (χ4n) is 3.80. The van der Waals surface area contributed by atoms with E-state index in [1.807, 2.05) is 61.3 Å². The number of anilines is 1. The van der Waals surface area contributed by atoms with Gasteiger partial charge in [-0.1, -0.05) is 41.9 Å². The summed E-state index contributed by atoms with van der Waals surface area (Å²) in [7, 11) is 0. The van der Waals surface area contributed by atoms with Gasteiger partial charge >= 0.3 is 0 Å². The normalized spacial score (nSPS) is 19.9. The third-order valence-corrected chi connectivity index (χ3v) is 5.51. The van der Waals surface area contributed by atoms with Crippen LogP contribution in [0.15, 0.2) is 54.6 Å². The van der Waals surface area contributed by atoms with Crippen LogP contribution in [0, 0.1) is 5.41 Å². The summed E-state index contributed by atoms with van der Waals surface area (Å²) in [5.74, 6) is 0.692. The number of fused-ring (bicyclic) bond motifs is 7. The summed E-state index contributed by atoms with van der Waals surface area (Å²) in [6, 6.07) is 17.9. The molecule has 1 N–H and O–H groups in total. The molecule has 5 rings (SSSR count). The zero-order valence-electron chi connectivity index (χ0n) is 14.4. The third-order valence-electron chi connectivity index (χ3n) is 5.28. The Morgan fingerprint density at radius 2 is 1.92 bits per heavy atom. The summed E-state index contributed by atoms with van der Waals surface area (Å²) < 4.78 is 6.40. The zero-order chi connectivity index (χ0) is 18.1. The summed E-state index contributed by atoms with van der Waals surface area (Å²) in [6.07, 6.45) is -0.447. The van der Waals surface area contributed by atoms with Gasteiger partial charge in [0.05, 0.1) is 5.69 Å². The van der Waals surface area contributed by atoms with Crippen LogP contribution in [0.4, 0.5) is 5.69 Å². The summed E-state index contributed by atoms with van der Waals surface area (Å²) in [5, 5.41) is 4.69. The van der Waals surface area contributed by atoms with Crippen molar-refractivity contribution in [1.29, 1.82) is 0 Å². The van der Waals surface area contributed by atoms with E-state index >= 15 is 0 Å². The maximum atomic E-state index is 12.5. The van der Waals surface area contributed by atoms with Crippen molar-refractivity contribution in [3.05, 3.63) is 59.6 Å². The summed E-state index contributed by atoms with van der Waals surface area (Å²) >= 11 is 6.33. The predicted molar refractivity (Wildman–Crippen MR) is 103 cm³/mol. The molecule has 26 heavy (non-hydrogen) atoms. The average molecular weight is 365 g/mol. The van der Waals surface area contributed by atoms with Crippen LogP contribution in [-0.2, 0) is 4.79 Å². The van der Waals surface area contributed by atoms with E-state index in [1.54, 1.807) is 0 Å². The third kappa shape index (κ3) is 1.99. The molecule has 1 atom stereocenters. The molecule has 1 amide bonds. The lowest BCUT2D eigenvalue weighted by molar-refractivity contribution is -0.128. The first-order valence-corrected chi connectivity index (χ1v) is 8.93. The molecule has 1 saturated heterocycles. The molecule has 0 saturated carbocycles. The molecule has 3 aromatic carbocycles. The largest absolute Gasteiger partial charge is 0.467 e. The second-order valence-electron chi connectivity index (χ2n) is 7.32. The van der Waals surface area contributed by atoms with E-state index in [2.05, 4.69) is 17.6 Å². The van der Waals surface area contributed by atoms with Crippen molar-refractivity contribution in [2.24, 2.45) is 5.41 Å². The molecule has 0 spiro atoms. The second-order valence-corrected chi connectivity index (χ2v) is 7.76. The molecule has 0 radical (unpaired) electrons. The van der Waals surface area contributed by atoms with Gasteiger partial charge in [-0.05, 0) is 48.9 Å². The van der Waals surface area contributed by atoms with Gasteiger partial charge in [0.25, 0.3) is 0 Å². The molecule has 2 aliphatic rings. The van der Waals surface area contributed by atoms with Gasteiger partial charge in [0.1, 0.15) is 11.2 Å². The minimum atomic E-state index is -0.690. The number of amides is 1. The molecule has 1 unspecified atom stereocenters. The smallest absolute Gasteiger partial charge is 0.250 e. The quantitative estimate of drug-likeness (QED) is 0.625. The van der Waals surface area contributed by atoms with E-state index in [-0.39, 0.29) is 5.91 Å². The van der Waals surface area contributed by atoms with Crippen LogP contribution in [0.2, 0.25) is 5.02 Å². The van der Waals surface area contributed by atoms with Crippen LogP contribution in [-0.4, -0.2) is 12.1 Å². The minimum absolute atomic E-state index is 0.0624. The molecule has 130 valence electrons. The number of rotatable bonds is 0. The molecule has 2 heterocycles. The Morgan fingerprint density at radius 3 is 2.77 bits per heavy atom. The van der Waals surface area contributed by atoms with Crippen LogP contribution in [0.1, 0.15) is 13.8 Å². The van der Waals surface area contributed by atoms with Gasteiger partial charge in [-0.15, -0.1) is 0 Å². The Balaban J connectivity index is 1.88. The van der Waals surface area contributed by atoms with E-state index in [4.69, 9.17) is 16.3 Å². The molecule has 3 aromatic rings. The van der Waals surface area contributed by atoms with Crippen molar-refractivity contribution in [2.45, 2.75) is 20.1 Å². The fraction of sp³-hybridized carbons (Fsp3) is 0.190. The van der Waals surface area contributed by atoms with Gasteiger partial charge in [-0.25, -0.2) is 5.01 Å². The summed E-state index contributed by atoms with van der Waals surface area (Å²) in [4.78, 5) is 12.5. The van der Waals surface area contributed by atoms with Crippen LogP contribution in [0.25, 0.3) is 21.9 Å². The lowest BCUT2D eigenvalue weighted by Crippen LogP contribution is -2.43. The standard InChI is InChI=1S/C21H17ClN2O2/c1-21(2)19(25)23-24-16-9-8-13(22)11-15(16)18-14-6-4-3-5-12(14)7-10-17(18)26-20(21)24/h3-11,20H,1-2H3,(H,23,25). The second kappa shape index (κ2) is 5.15. The molecule has 1 fully saturated rings. The lowest BCUT2D eigenvalue weighted by atomic mass is 9.91. The van der Waals surface area contributed by atoms with Crippen molar-refractivity contribution in [3.8, 4) is 16.9 Å². The molecule has 2 aliphatic heterocycles. The first kappa shape index (κ1) is 15.5. The Hall–Kier alpha value is -2.72. The molecule has 5 heteroatoms. The SMILES string of the molecule is CC1(C)C(=O)NN2c3ccc(Cl)cc3-c3c(ccc4ccccc34)OC21. The molecule has 0 aromatic heterocycles. The van der Waals surface area contributed by atoms with Gasteiger partial charge < -0.3 is 4.74 Å². The number of nitrogens with zero attached hydrogens (tertiary/aromatic N) is 1. The lowest BCUT2D eigenvalue weighted by Gasteiger charge is -2.29. The molecular weight excluding hydrogens is 348 g/mol. The van der Waals surface area contributed by atoms with Gasteiger partial charge in [0, 0.05) is 16.1 Å². The highest BCUT2D eigenvalue weighted by molar-refractivity contribution is 6.31. The molecule has 4 nitrogen and oxygen atoms in total. The number of ether oxygens (including phenoxy) is 1. The number of hydrazine groups is 1. The van der Waals surface area contributed by atoms with Crippen LogP contribution in [0.5, 0.6) is 5.75 Å². The Bertz CT molecular complexity index is 1080. The summed E-state index contributed by atoms with van der Waals surface area (Å²) in [5.41, 5.74) is 5.11. The highest BCUT2D eigenvalue weighted by Crippen LogP contribution is 2.49. The number of benzene rings is 3. The van der Waals surface area contributed by atoms with Crippen LogP contribution >= 0.6 is 11.6 Å². The monoisotopic (exact) mass is 364 g/mol.